The quantitative estimate of drug-likeness (QED) is 0.149. The SMILES string of the molecule is O=P1(c2ccccc2)N(c2ccccc2)c2ccc(-c3ccc4c(c3)c3c5ccccc5ccc3n4-c3nc(-c4ccccc4)nc(-c4ccccc4)n3)cc2N1c1ccccc1. The van der Waals surface area contributed by atoms with Gasteiger partial charge in [0.15, 0.2) is 11.6 Å². The summed E-state index contributed by atoms with van der Waals surface area (Å²) >= 11 is 0. The fraction of sp³-hybridized carbons (Fsp3) is 0. The minimum absolute atomic E-state index is 0.541. The molecule has 298 valence electrons. The second-order valence-electron chi connectivity index (χ2n) is 15.6. The van der Waals surface area contributed by atoms with E-state index in [1.54, 1.807) is 0 Å². The minimum Gasteiger partial charge on any atom is -0.278 e. The lowest BCUT2D eigenvalue weighted by Crippen LogP contribution is -2.26. The average Bonchev–Trinajstić information content (AvgIpc) is 3.84. The number of hydrogen-bond acceptors (Lipinski definition) is 4. The first-order valence-electron chi connectivity index (χ1n) is 21.0. The topological polar surface area (TPSA) is 67.2 Å². The highest BCUT2D eigenvalue weighted by Gasteiger charge is 2.49. The zero-order valence-electron chi connectivity index (χ0n) is 33.9. The highest BCUT2D eigenvalue weighted by atomic mass is 31.2. The van der Waals surface area contributed by atoms with Crippen LogP contribution in [0.5, 0.6) is 0 Å². The van der Waals surface area contributed by atoms with Crippen LogP contribution in [0, 0.1) is 0 Å². The highest BCUT2D eigenvalue weighted by molar-refractivity contribution is 7.76. The number of para-hydroxylation sites is 2. The second-order valence-corrected chi connectivity index (χ2v) is 18.0. The molecule has 0 amide bonds. The first-order valence-corrected chi connectivity index (χ1v) is 22.6. The molecular formula is C55H37N6OP. The Hall–Kier alpha value is -8.12. The molecule has 9 aromatic carbocycles. The van der Waals surface area contributed by atoms with Crippen molar-refractivity contribution in [1.82, 2.24) is 19.5 Å². The minimum atomic E-state index is -3.52. The second kappa shape index (κ2) is 14.8. The van der Waals surface area contributed by atoms with E-state index in [0.29, 0.717) is 17.6 Å². The monoisotopic (exact) mass is 828 g/mol. The average molecular weight is 829 g/mol. The van der Waals surface area contributed by atoms with Gasteiger partial charge in [-0.2, -0.15) is 9.97 Å². The van der Waals surface area contributed by atoms with Gasteiger partial charge in [0.05, 0.1) is 27.7 Å². The Kier molecular flexibility index (Phi) is 8.63. The van der Waals surface area contributed by atoms with Gasteiger partial charge < -0.3 is 0 Å². The van der Waals surface area contributed by atoms with Crippen LogP contribution in [0.2, 0.25) is 0 Å². The van der Waals surface area contributed by atoms with Crippen molar-refractivity contribution in [1.29, 1.82) is 0 Å². The van der Waals surface area contributed by atoms with Crippen LogP contribution in [0.15, 0.2) is 224 Å². The van der Waals surface area contributed by atoms with Crippen LogP contribution in [-0.4, -0.2) is 19.5 Å². The van der Waals surface area contributed by atoms with Gasteiger partial charge in [-0.3, -0.25) is 18.5 Å². The maximum absolute atomic E-state index is 16.2. The summed E-state index contributed by atoms with van der Waals surface area (Å²) in [7, 11) is -3.52. The van der Waals surface area contributed by atoms with Gasteiger partial charge in [0.1, 0.15) is 0 Å². The van der Waals surface area contributed by atoms with E-state index in [2.05, 4.69) is 82.0 Å². The van der Waals surface area contributed by atoms with Crippen molar-refractivity contribution in [3.63, 3.8) is 0 Å². The molecule has 1 atom stereocenters. The van der Waals surface area contributed by atoms with Crippen molar-refractivity contribution in [3.05, 3.63) is 224 Å². The van der Waals surface area contributed by atoms with E-state index in [4.69, 9.17) is 15.0 Å². The van der Waals surface area contributed by atoms with Gasteiger partial charge in [0.25, 0.3) is 0 Å². The molecule has 0 bridgehead atoms. The number of hydrogen-bond donors (Lipinski definition) is 0. The molecule has 0 saturated heterocycles. The predicted molar refractivity (Wildman–Crippen MR) is 259 cm³/mol. The largest absolute Gasteiger partial charge is 0.301 e. The fourth-order valence-corrected chi connectivity index (χ4v) is 12.1. The summed E-state index contributed by atoms with van der Waals surface area (Å²) in [5, 5.41) is 5.23. The molecule has 63 heavy (non-hydrogen) atoms. The van der Waals surface area contributed by atoms with Gasteiger partial charge >= 0.3 is 7.44 Å². The third-order valence-electron chi connectivity index (χ3n) is 11.9. The molecule has 2 aromatic heterocycles. The number of benzene rings is 9. The van der Waals surface area contributed by atoms with Crippen LogP contribution in [0.3, 0.4) is 0 Å². The van der Waals surface area contributed by atoms with Crippen LogP contribution in [0.25, 0.3) is 72.4 Å². The van der Waals surface area contributed by atoms with Gasteiger partial charge in [-0.15, -0.1) is 0 Å². The molecule has 3 heterocycles. The third-order valence-corrected chi connectivity index (χ3v) is 14.9. The summed E-state index contributed by atoms with van der Waals surface area (Å²) < 4.78 is 22.5. The van der Waals surface area contributed by atoms with Gasteiger partial charge in [-0.25, -0.2) is 4.98 Å². The van der Waals surface area contributed by atoms with Gasteiger partial charge in [-0.05, 0) is 88.6 Å². The summed E-state index contributed by atoms with van der Waals surface area (Å²) in [6, 6.07) is 76.2. The lowest BCUT2D eigenvalue weighted by atomic mass is 9.99. The van der Waals surface area contributed by atoms with Crippen molar-refractivity contribution in [2.24, 2.45) is 0 Å². The number of nitrogens with zero attached hydrogens (tertiary/aromatic N) is 6. The Morgan fingerprint density at radius 3 is 1.52 bits per heavy atom. The maximum atomic E-state index is 16.2. The molecule has 1 unspecified atom stereocenters. The van der Waals surface area contributed by atoms with E-state index in [9.17, 15) is 0 Å². The first-order chi connectivity index (χ1) is 31.1. The number of aromatic nitrogens is 4. The van der Waals surface area contributed by atoms with E-state index >= 15 is 4.57 Å². The first kappa shape index (κ1) is 36.7. The van der Waals surface area contributed by atoms with Gasteiger partial charge in [-0.1, -0.05) is 158 Å². The number of fused-ring (bicyclic) bond motifs is 6. The molecular weight excluding hydrogens is 792 g/mol. The molecule has 0 N–H and O–H groups in total. The fourth-order valence-electron chi connectivity index (χ4n) is 9.10. The molecule has 0 spiro atoms. The summed E-state index contributed by atoms with van der Waals surface area (Å²) in [4.78, 5) is 15.4. The number of anilines is 4. The van der Waals surface area contributed by atoms with Crippen LogP contribution >= 0.6 is 7.44 Å². The van der Waals surface area contributed by atoms with E-state index in [-0.39, 0.29) is 0 Å². The third kappa shape index (κ3) is 5.97. The van der Waals surface area contributed by atoms with Gasteiger partial charge in [0.2, 0.25) is 5.95 Å². The predicted octanol–water partition coefficient (Wildman–Crippen LogP) is 13.9. The summed E-state index contributed by atoms with van der Waals surface area (Å²) in [6.45, 7) is 0. The lowest BCUT2D eigenvalue weighted by molar-refractivity contribution is 0.582. The summed E-state index contributed by atoms with van der Waals surface area (Å²) in [5.41, 5.74) is 9.30. The zero-order chi connectivity index (χ0) is 41.9. The molecule has 12 rings (SSSR count). The van der Waals surface area contributed by atoms with Crippen molar-refractivity contribution in [3.8, 4) is 39.9 Å². The van der Waals surface area contributed by atoms with Crippen molar-refractivity contribution in [2.45, 2.75) is 0 Å². The van der Waals surface area contributed by atoms with Gasteiger partial charge in [0, 0.05) is 33.3 Å². The van der Waals surface area contributed by atoms with Crippen LogP contribution in [-0.2, 0) is 4.57 Å². The molecule has 0 aliphatic carbocycles. The lowest BCUT2D eigenvalue weighted by Gasteiger charge is -2.33. The Balaban J connectivity index is 1.09. The Morgan fingerprint density at radius 2 is 0.889 bits per heavy atom. The van der Waals surface area contributed by atoms with Crippen LogP contribution in [0.4, 0.5) is 22.7 Å². The molecule has 0 fully saturated rings. The van der Waals surface area contributed by atoms with E-state index in [0.717, 1.165) is 82.9 Å². The normalized spacial score (nSPS) is 14.7. The van der Waals surface area contributed by atoms with Crippen molar-refractivity contribution < 1.29 is 4.57 Å². The smallest absolute Gasteiger partial charge is 0.278 e. The molecule has 7 nitrogen and oxygen atoms in total. The van der Waals surface area contributed by atoms with Crippen molar-refractivity contribution >= 4 is 68.1 Å². The van der Waals surface area contributed by atoms with Crippen LogP contribution in [0.1, 0.15) is 0 Å². The Labute approximate surface area is 364 Å². The Bertz CT molecular complexity index is 3490. The summed E-state index contributed by atoms with van der Waals surface area (Å²) in [5.74, 6) is 1.75. The standard InChI is InChI=1S/C55H37N6OP/c62-63(45-27-14-5-15-28-45)60(43-23-10-3-11-24-43)49-34-32-42(37-51(49)61(63)44-25-12-4-13-26-44)41-31-33-48-47(36-41)52-46-29-17-16-18-38(46)30-35-50(52)59(48)55-57-53(39-19-6-1-7-20-39)56-54(58-55)40-21-8-2-9-22-40/h1-37H. The highest BCUT2D eigenvalue weighted by Crippen LogP contribution is 2.70. The molecule has 8 heteroatoms. The molecule has 1 aliphatic rings. The summed E-state index contributed by atoms with van der Waals surface area (Å²) in [6.07, 6.45) is 0. The molecule has 11 aromatic rings. The Morgan fingerprint density at radius 1 is 0.381 bits per heavy atom. The van der Waals surface area contributed by atoms with E-state index in [1.807, 2.05) is 156 Å². The maximum Gasteiger partial charge on any atom is 0.301 e. The number of rotatable bonds is 7. The van der Waals surface area contributed by atoms with E-state index < -0.39 is 7.44 Å². The molecule has 0 radical (unpaired) electrons. The zero-order valence-corrected chi connectivity index (χ0v) is 34.8. The molecule has 1 aliphatic heterocycles. The molecule has 0 saturated carbocycles. The van der Waals surface area contributed by atoms with Crippen molar-refractivity contribution in [2.75, 3.05) is 9.34 Å². The van der Waals surface area contributed by atoms with Crippen LogP contribution < -0.4 is 14.6 Å². The van der Waals surface area contributed by atoms with E-state index in [1.165, 1.54) is 0 Å².